The van der Waals surface area contributed by atoms with Crippen LogP contribution in [0, 0.1) is 0 Å². The molecule has 154 valence electrons. The Morgan fingerprint density at radius 2 is 1.68 bits per heavy atom. The van der Waals surface area contributed by atoms with Crippen molar-refractivity contribution >= 4 is 34.3 Å². The second-order valence-electron chi connectivity index (χ2n) is 7.27. The summed E-state index contributed by atoms with van der Waals surface area (Å²) in [5, 5.41) is 1.22. The number of hydrogen-bond donors (Lipinski definition) is 0. The van der Waals surface area contributed by atoms with Crippen molar-refractivity contribution in [3.05, 3.63) is 83.3 Å². The number of ether oxygens (including phenoxy) is 1. The van der Waals surface area contributed by atoms with Gasteiger partial charge in [-0.1, -0.05) is 35.9 Å². The van der Waals surface area contributed by atoms with Crippen LogP contribution < -0.4 is 4.74 Å². The molecular weight excluding hydrogens is 414 g/mol. The molecule has 0 atom stereocenters. The minimum Gasteiger partial charge on any atom is -0.497 e. The highest BCUT2D eigenvalue weighted by Gasteiger charge is 2.34. The van der Waals surface area contributed by atoms with Crippen LogP contribution in [0.5, 0.6) is 5.75 Å². The number of nitrogens with zero attached hydrogens (tertiary/aromatic N) is 3. The van der Waals surface area contributed by atoms with Crippen LogP contribution >= 0.6 is 11.6 Å². The molecule has 4 aromatic rings. The van der Waals surface area contributed by atoms with Gasteiger partial charge in [0.1, 0.15) is 10.9 Å². The van der Waals surface area contributed by atoms with Crippen molar-refractivity contribution in [1.82, 2.24) is 14.5 Å². The van der Waals surface area contributed by atoms with Gasteiger partial charge in [0.05, 0.1) is 23.8 Å². The molecule has 0 saturated heterocycles. The molecule has 1 aliphatic rings. The quantitative estimate of drug-likeness (QED) is 0.340. The predicted molar refractivity (Wildman–Crippen MR) is 119 cm³/mol. The summed E-state index contributed by atoms with van der Waals surface area (Å²) in [5.41, 5.74) is 3.64. The number of imide groups is 1. The van der Waals surface area contributed by atoms with E-state index in [4.69, 9.17) is 16.3 Å². The van der Waals surface area contributed by atoms with Gasteiger partial charge in [0.25, 0.3) is 11.8 Å². The number of carbonyl (C=O) groups excluding carboxylic acids is 2. The SMILES string of the molecule is COc1cccc(-c2cn(CCN3C(=O)c4ccccc4C3=O)c3ccnc(Cl)c23)c1. The summed E-state index contributed by atoms with van der Waals surface area (Å²) in [5.74, 6) is 0.221. The van der Waals surface area contributed by atoms with Crippen molar-refractivity contribution in [2.24, 2.45) is 0 Å². The first-order valence-electron chi connectivity index (χ1n) is 9.81. The molecular formula is C24H18ClN3O3. The number of rotatable bonds is 5. The normalized spacial score (nSPS) is 13.2. The molecule has 0 aliphatic carbocycles. The summed E-state index contributed by atoms with van der Waals surface area (Å²) in [6, 6.07) is 16.5. The van der Waals surface area contributed by atoms with Crippen LogP contribution in [0.2, 0.25) is 5.15 Å². The van der Waals surface area contributed by atoms with E-state index in [1.807, 2.05) is 41.1 Å². The maximum Gasteiger partial charge on any atom is 0.261 e. The fraction of sp³-hybridized carbons (Fsp3) is 0.125. The summed E-state index contributed by atoms with van der Waals surface area (Å²) in [6.45, 7) is 0.694. The molecule has 5 rings (SSSR count). The van der Waals surface area contributed by atoms with E-state index in [0.717, 1.165) is 27.8 Å². The average Bonchev–Trinajstić information content (AvgIpc) is 3.29. The number of methoxy groups -OCH3 is 1. The van der Waals surface area contributed by atoms with E-state index in [2.05, 4.69) is 4.98 Å². The standard InChI is InChI=1S/C24H18ClN3O3/c1-31-16-6-4-5-15(13-16)19-14-27(20-9-10-26-22(25)21(19)20)11-12-28-23(29)17-7-2-3-8-18(17)24(28)30/h2-10,13-14H,11-12H2,1H3. The Morgan fingerprint density at radius 3 is 2.39 bits per heavy atom. The number of hydrogen-bond acceptors (Lipinski definition) is 4. The number of fused-ring (bicyclic) bond motifs is 2. The minimum absolute atomic E-state index is 0.258. The fourth-order valence-corrected chi connectivity index (χ4v) is 4.30. The smallest absolute Gasteiger partial charge is 0.261 e. The Bertz CT molecular complexity index is 1310. The van der Waals surface area contributed by atoms with E-state index >= 15 is 0 Å². The van der Waals surface area contributed by atoms with E-state index in [1.165, 1.54) is 4.90 Å². The van der Waals surface area contributed by atoms with E-state index in [0.29, 0.717) is 22.8 Å². The highest BCUT2D eigenvalue weighted by molar-refractivity contribution is 6.35. The van der Waals surface area contributed by atoms with E-state index in [9.17, 15) is 9.59 Å². The Hall–Kier alpha value is -3.64. The van der Waals surface area contributed by atoms with Crippen LogP contribution in [0.25, 0.3) is 22.0 Å². The van der Waals surface area contributed by atoms with Gasteiger partial charge >= 0.3 is 0 Å². The number of halogens is 1. The molecule has 0 radical (unpaired) electrons. The van der Waals surface area contributed by atoms with Crippen molar-refractivity contribution in [2.75, 3.05) is 13.7 Å². The zero-order valence-corrected chi connectivity index (χ0v) is 17.5. The molecule has 2 aromatic heterocycles. The summed E-state index contributed by atoms with van der Waals surface area (Å²) >= 11 is 6.46. The first-order chi connectivity index (χ1) is 15.1. The van der Waals surface area contributed by atoms with Gasteiger partial charge in [-0.25, -0.2) is 4.98 Å². The van der Waals surface area contributed by atoms with Crippen LogP contribution in [0.3, 0.4) is 0 Å². The molecule has 3 heterocycles. The third kappa shape index (κ3) is 3.16. The molecule has 7 heteroatoms. The first-order valence-corrected chi connectivity index (χ1v) is 10.2. The second-order valence-corrected chi connectivity index (χ2v) is 7.63. The lowest BCUT2D eigenvalue weighted by molar-refractivity contribution is 0.0649. The lowest BCUT2D eigenvalue weighted by atomic mass is 10.1. The van der Waals surface area contributed by atoms with Gasteiger partial charge < -0.3 is 9.30 Å². The minimum atomic E-state index is -0.259. The summed E-state index contributed by atoms with van der Waals surface area (Å²) in [6.07, 6.45) is 3.63. The Labute approximate surface area is 183 Å². The van der Waals surface area contributed by atoms with Crippen molar-refractivity contribution in [3.63, 3.8) is 0 Å². The molecule has 0 fully saturated rings. The fourth-order valence-electron chi connectivity index (χ4n) is 4.05. The van der Waals surface area contributed by atoms with Gasteiger partial charge in [-0.3, -0.25) is 14.5 Å². The number of aromatic nitrogens is 2. The Morgan fingerprint density at radius 1 is 0.935 bits per heavy atom. The molecule has 0 spiro atoms. The molecule has 1 aliphatic heterocycles. The monoisotopic (exact) mass is 431 g/mol. The van der Waals surface area contributed by atoms with Gasteiger partial charge in [-0.2, -0.15) is 0 Å². The number of benzene rings is 2. The van der Waals surface area contributed by atoms with Crippen LogP contribution in [0.4, 0.5) is 0 Å². The Kier molecular flexibility index (Phi) is 4.71. The second kappa shape index (κ2) is 7.56. The predicted octanol–water partition coefficient (Wildman–Crippen LogP) is 4.66. The zero-order chi connectivity index (χ0) is 21.5. The molecule has 0 bridgehead atoms. The molecule has 0 saturated carbocycles. The lowest BCUT2D eigenvalue weighted by Crippen LogP contribution is -2.32. The van der Waals surface area contributed by atoms with E-state index in [-0.39, 0.29) is 18.4 Å². The number of pyridine rings is 1. The maximum atomic E-state index is 12.7. The average molecular weight is 432 g/mol. The van der Waals surface area contributed by atoms with E-state index < -0.39 is 0 Å². The van der Waals surface area contributed by atoms with Crippen LogP contribution in [-0.4, -0.2) is 39.9 Å². The molecule has 2 amide bonds. The van der Waals surface area contributed by atoms with Gasteiger partial charge in [-0.15, -0.1) is 0 Å². The number of amides is 2. The van der Waals surface area contributed by atoms with Crippen LogP contribution in [0.15, 0.2) is 67.0 Å². The number of carbonyl (C=O) groups is 2. The topological polar surface area (TPSA) is 64.4 Å². The van der Waals surface area contributed by atoms with Crippen molar-refractivity contribution in [1.29, 1.82) is 0 Å². The molecule has 6 nitrogen and oxygen atoms in total. The maximum absolute atomic E-state index is 12.7. The van der Waals surface area contributed by atoms with Crippen molar-refractivity contribution in [2.45, 2.75) is 6.54 Å². The first kappa shape index (κ1) is 19.3. The van der Waals surface area contributed by atoms with Gasteiger partial charge in [0, 0.05) is 36.4 Å². The third-order valence-electron chi connectivity index (χ3n) is 5.57. The van der Waals surface area contributed by atoms with Gasteiger partial charge in [0.2, 0.25) is 0 Å². The van der Waals surface area contributed by atoms with E-state index in [1.54, 1.807) is 37.6 Å². The zero-order valence-electron chi connectivity index (χ0n) is 16.7. The molecule has 31 heavy (non-hydrogen) atoms. The molecule has 0 unspecified atom stereocenters. The summed E-state index contributed by atoms with van der Waals surface area (Å²) in [4.78, 5) is 30.9. The Balaban J connectivity index is 1.51. The highest BCUT2D eigenvalue weighted by atomic mass is 35.5. The molecule has 0 N–H and O–H groups in total. The van der Waals surface area contributed by atoms with Gasteiger partial charge in [0.15, 0.2) is 0 Å². The van der Waals surface area contributed by atoms with Crippen LogP contribution in [0.1, 0.15) is 20.7 Å². The lowest BCUT2D eigenvalue weighted by Gasteiger charge is -2.14. The van der Waals surface area contributed by atoms with Crippen molar-refractivity contribution in [3.8, 4) is 16.9 Å². The molecule has 2 aromatic carbocycles. The van der Waals surface area contributed by atoms with Crippen molar-refractivity contribution < 1.29 is 14.3 Å². The highest BCUT2D eigenvalue weighted by Crippen LogP contribution is 2.36. The summed E-state index contributed by atoms with van der Waals surface area (Å²) in [7, 11) is 1.62. The largest absolute Gasteiger partial charge is 0.497 e. The van der Waals surface area contributed by atoms with Crippen LogP contribution in [-0.2, 0) is 6.54 Å². The third-order valence-corrected chi connectivity index (χ3v) is 5.86. The summed E-state index contributed by atoms with van der Waals surface area (Å²) < 4.78 is 7.36. The van der Waals surface area contributed by atoms with Gasteiger partial charge in [-0.05, 0) is 35.9 Å².